The van der Waals surface area contributed by atoms with Gasteiger partial charge in [0.15, 0.2) is 0 Å². The van der Waals surface area contributed by atoms with Gasteiger partial charge in [0.1, 0.15) is 16.1 Å². The predicted octanol–water partition coefficient (Wildman–Crippen LogP) is 5.67. The Bertz CT molecular complexity index is 569. The van der Waals surface area contributed by atoms with Gasteiger partial charge < -0.3 is 0 Å². The summed E-state index contributed by atoms with van der Waals surface area (Å²) >= 11 is 7.21. The first-order chi connectivity index (χ1) is 8.98. The van der Waals surface area contributed by atoms with E-state index in [0.717, 1.165) is 20.1 Å². The van der Waals surface area contributed by atoms with Gasteiger partial charge in [-0.25, -0.2) is 0 Å². The van der Waals surface area contributed by atoms with Gasteiger partial charge in [-0.15, -0.1) is 11.1 Å². The molecule has 0 aliphatic rings. The van der Waals surface area contributed by atoms with Crippen LogP contribution in [0.4, 0.5) is 0 Å². The summed E-state index contributed by atoms with van der Waals surface area (Å²) in [5.41, 5.74) is 8.83. The van der Waals surface area contributed by atoms with Gasteiger partial charge in [-0.1, -0.05) is 51.1 Å². The van der Waals surface area contributed by atoms with Crippen molar-refractivity contribution in [3.8, 4) is 22.9 Å². The van der Waals surface area contributed by atoms with Crippen LogP contribution in [0.15, 0.2) is 21.1 Å². The van der Waals surface area contributed by atoms with E-state index in [-0.39, 0.29) is 0 Å². The van der Waals surface area contributed by atoms with Crippen LogP contribution in [0, 0.1) is 22.9 Å². The van der Waals surface area contributed by atoms with Crippen LogP contribution in [0.1, 0.15) is 11.1 Å². The highest BCUT2D eigenvalue weighted by Gasteiger charge is 2.10. The zero-order valence-electron chi connectivity index (χ0n) is 12.9. The summed E-state index contributed by atoms with van der Waals surface area (Å²) in [6.45, 7) is 13.5. The SMILES string of the molecule is C[Si](C)(C)C#Cc1cc(Br)c(C#C[Si](C)(C)C)cc1Br. The molecular formula is C16H20Br2Si2. The first kappa shape index (κ1) is 17.8. The van der Waals surface area contributed by atoms with Crippen LogP contribution >= 0.6 is 31.9 Å². The molecule has 4 heteroatoms. The summed E-state index contributed by atoms with van der Waals surface area (Å²) in [6, 6.07) is 4.12. The molecule has 1 rings (SSSR count). The van der Waals surface area contributed by atoms with E-state index in [2.05, 4.69) is 106 Å². The second-order valence-corrected chi connectivity index (χ2v) is 18.0. The van der Waals surface area contributed by atoms with Gasteiger partial charge in [0, 0.05) is 20.1 Å². The van der Waals surface area contributed by atoms with Crippen LogP contribution in [0.2, 0.25) is 39.3 Å². The first-order valence-corrected chi connectivity index (χ1v) is 15.1. The molecule has 0 heterocycles. The van der Waals surface area contributed by atoms with Crippen LogP contribution in [-0.2, 0) is 0 Å². The van der Waals surface area contributed by atoms with Crippen LogP contribution < -0.4 is 0 Å². The quantitative estimate of drug-likeness (QED) is 0.369. The van der Waals surface area contributed by atoms with E-state index in [0.29, 0.717) is 0 Å². The van der Waals surface area contributed by atoms with E-state index in [1.165, 1.54) is 0 Å². The molecule has 1 aromatic carbocycles. The maximum absolute atomic E-state index is 3.61. The lowest BCUT2D eigenvalue weighted by Gasteiger charge is -2.06. The molecule has 0 saturated carbocycles. The zero-order valence-corrected chi connectivity index (χ0v) is 18.1. The molecule has 1 aromatic rings. The van der Waals surface area contributed by atoms with Crippen molar-refractivity contribution in [3.05, 3.63) is 32.2 Å². The Balaban J connectivity index is 3.21. The monoisotopic (exact) mass is 426 g/mol. The number of benzene rings is 1. The van der Waals surface area contributed by atoms with Gasteiger partial charge >= 0.3 is 0 Å². The average Bonchev–Trinajstić information content (AvgIpc) is 2.25. The van der Waals surface area contributed by atoms with E-state index >= 15 is 0 Å². The second kappa shape index (κ2) is 6.66. The minimum absolute atomic E-state index is 1.02. The topological polar surface area (TPSA) is 0 Å². The molecule has 0 saturated heterocycles. The highest BCUT2D eigenvalue weighted by atomic mass is 79.9. The second-order valence-electron chi connectivity index (χ2n) is 6.81. The summed E-state index contributed by atoms with van der Waals surface area (Å²) < 4.78 is 2.04. The van der Waals surface area contributed by atoms with Gasteiger partial charge in [-0.3, -0.25) is 0 Å². The van der Waals surface area contributed by atoms with Crippen molar-refractivity contribution in [1.29, 1.82) is 0 Å². The Kier molecular flexibility index (Phi) is 5.93. The van der Waals surface area contributed by atoms with Gasteiger partial charge in [0.05, 0.1) is 0 Å². The number of hydrogen-bond donors (Lipinski definition) is 0. The zero-order chi connectivity index (χ0) is 15.6. The highest BCUT2D eigenvalue weighted by molar-refractivity contribution is 9.11. The third kappa shape index (κ3) is 6.46. The molecule has 0 radical (unpaired) electrons. The van der Waals surface area contributed by atoms with Gasteiger partial charge in [-0.05, 0) is 44.0 Å². The molecule has 0 aliphatic heterocycles. The molecule has 106 valence electrons. The Morgan fingerprint density at radius 3 is 1.25 bits per heavy atom. The average molecular weight is 428 g/mol. The molecule has 0 nitrogen and oxygen atoms in total. The normalized spacial score (nSPS) is 11.2. The van der Waals surface area contributed by atoms with Gasteiger partial charge in [-0.2, -0.15) is 0 Å². The summed E-state index contributed by atoms with van der Waals surface area (Å²) in [4.78, 5) is 0. The summed E-state index contributed by atoms with van der Waals surface area (Å²) in [6.07, 6.45) is 0. The summed E-state index contributed by atoms with van der Waals surface area (Å²) in [5.74, 6) is 6.58. The molecule has 0 N–H and O–H groups in total. The van der Waals surface area contributed by atoms with E-state index in [1.54, 1.807) is 0 Å². The minimum atomic E-state index is -1.35. The Morgan fingerprint density at radius 1 is 0.700 bits per heavy atom. The van der Waals surface area contributed by atoms with E-state index in [4.69, 9.17) is 0 Å². The van der Waals surface area contributed by atoms with Crippen molar-refractivity contribution in [2.24, 2.45) is 0 Å². The van der Waals surface area contributed by atoms with Crippen molar-refractivity contribution in [2.45, 2.75) is 39.3 Å². The fraction of sp³-hybridized carbons (Fsp3) is 0.375. The molecule has 0 spiro atoms. The molecule has 0 bridgehead atoms. The smallest absolute Gasteiger partial charge is 0.127 e. The molecule has 20 heavy (non-hydrogen) atoms. The molecular weight excluding hydrogens is 408 g/mol. The summed E-state index contributed by atoms with van der Waals surface area (Å²) in [5, 5.41) is 0. The molecule has 0 aliphatic carbocycles. The first-order valence-electron chi connectivity index (χ1n) is 6.53. The Hall–Kier alpha value is -0.266. The Labute approximate surface area is 142 Å². The molecule has 0 fully saturated rings. The van der Waals surface area contributed by atoms with E-state index in [9.17, 15) is 0 Å². The number of halogens is 2. The maximum atomic E-state index is 3.61. The van der Waals surface area contributed by atoms with Crippen molar-refractivity contribution in [1.82, 2.24) is 0 Å². The largest absolute Gasteiger partial charge is 0.129 e. The highest BCUT2D eigenvalue weighted by Crippen LogP contribution is 2.25. The van der Waals surface area contributed by atoms with E-state index in [1.807, 2.05) is 0 Å². The third-order valence-corrected chi connectivity index (χ3v) is 5.26. The molecule has 0 atom stereocenters. The van der Waals surface area contributed by atoms with Crippen molar-refractivity contribution in [2.75, 3.05) is 0 Å². The standard InChI is InChI=1S/C16H20Br2Si2/c1-19(2,3)9-7-13-11-16(18)14(12-15(13)17)8-10-20(4,5)6/h11-12H,1-6H3. The molecule has 0 unspecified atom stereocenters. The summed E-state index contributed by atoms with van der Waals surface area (Å²) in [7, 11) is -2.71. The number of rotatable bonds is 0. The third-order valence-electron chi connectivity index (χ3n) is 2.20. The molecule has 0 amide bonds. The van der Waals surface area contributed by atoms with Gasteiger partial charge in [0.2, 0.25) is 0 Å². The molecule has 0 aromatic heterocycles. The lowest BCUT2D eigenvalue weighted by molar-refractivity contribution is 1.51. The maximum Gasteiger partial charge on any atom is 0.129 e. The van der Waals surface area contributed by atoms with Crippen LogP contribution in [0.25, 0.3) is 0 Å². The van der Waals surface area contributed by atoms with Gasteiger partial charge in [0.25, 0.3) is 0 Å². The van der Waals surface area contributed by atoms with Crippen LogP contribution in [-0.4, -0.2) is 16.1 Å². The van der Waals surface area contributed by atoms with Crippen molar-refractivity contribution < 1.29 is 0 Å². The van der Waals surface area contributed by atoms with Crippen LogP contribution in [0.3, 0.4) is 0 Å². The van der Waals surface area contributed by atoms with Crippen molar-refractivity contribution in [3.63, 3.8) is 0 Å². The fourth-order valence-corrected chi connectivity index (χ4v) is 3.15. The Morgan fingerprint density at radius 2 is 1.00 bits per heavy atom. The van der Waals surface area contributed by atoms with Crippen LogP contribution in [0.5, 0.6) is 0 Å². The lowest BCUT2D eigenvalue weighted by atomic mass is 10.1. The minimum Gasteiger partial charge on any atom is -0.127 e. The number of hydrogen-bond acceptors (Lipinski definition) is 0. The van der Waals surface area contributed by atoms with E-state index < -0.39 is 16.1 Å². The fourth-order valence-electron chi connectivity index (χ4n) is 1.25. The van der Waals surface area contributed by atoms with Crippen molar-refractivity contribution >= 4 is 48.0 Å². The lowest BCUT2D eigenvalue weighted by Crippen LogP contribution is -2.16. The predicted molar refractivity (Wildman–Crippen MR) is 102 cm³/mol.